The summed E-state index contributed by atoms with van der Waals surface area (Å²) in [5, 5.41) is 49.9. The van der Waals surface area contributed by atoms with E-state index < -0.39 is 140 Å². The first kappa shape index (κ1) is 54.4. The molecule has 10 atom stereocenters. The van der Waals surface area contributed by atoms with Gasteiger partial charge in [0, 0.05) is 87.1 Å². The van der Waals surface area contributed by atoms with Crippen LogP contribution in [-0.4, -0.2) is 117 Å². The number of anilines is 1. The number of carboxylic acid groups (broad SMARTS) is 1. The molecule has 19 nitrogen and oxygen atoms in total. The molecule has 0 spiro atoms. The van der Waals surface area contributed by atoms with Gasteiger partial charge in [-0.1, -0.05) is 57.5 Å². The van der Waals surface area contributed by atoms with E-state index in [9.17, 15) is 49.2 Å². The number of carboxylic acids is 1. The van der Waals surface area contributed by atoms with Gasteiger partial charge in [-0.25, -0.2) is 9.18 Å². The first-order valence-electron chi connectivity index (χ1n) is 24.7. The molecular formula is C54H60ClFN4O15. The monoisotopic (exact) mass is 1060 g/mol. The van der Waals surface area contributed by atoms with E-state index in [-0.39, 0.29) is 69.6 Å². The Bertz CT molecular complexity index is 3140. The van der Waals surface area contributed by atoms with Gasteiger partial charge in [0.1, 0.15) is 40.4 Å². The van der Waals surface area contributed by atoms with Crippen LogP contribution in [0.2, 0.25) is 5.02 Å². The normalized spacial score (nSPS) is 30.1. The van der Waals surface area contributed by atoms with E-state index in [1.165, 1.54) is 59.2 Å². The number of phenols is 1. The molecular weight excluding hydrogens is 999 g/mol. The summed E-state index contributed by atoms with van der Waals surface area (Å²) in [5.74, 6) is -12.8. The third-order valence-electron chi connectivity index (χ3n) is 15.2. The quantitative estimate of drug-likeness (QED) is 0.149. The maximum atomic E-state index is 16.3. The number of halogens is 2. The molecule has 6 N–H and O–H groups in total. The van der Waals surface area contributed by atoms with Gasteiger partial charge < -0.3 is 59.5 Å². The zero-order chi connectivity index (χ0) is 54.9. The van der Waals surface area contributed by atoms with E-state index in [1.54, 1.807) is 43.2 Å². The van der Waals surface area contributed by atoms with Crippen molar-refractivity contribution < 1.29 is 72.5 Å². The molecule has 1 aromatic heterocycles. The zero-order valence-electron chi connectivity index (χ0n) is 42.8. The minimum atomic E-state index is -2.21. The number of hydrogen-bond acceptors (Lipinski definition) is 16. The molecule has 9 rings (SSSR count). The highest BCUT2D eigenvalue weighted by molar-refractivity contribution is 6.38. The molecule has 5 bridgehead atoms. The van der Waals surface area contributed by atoms with Crippen LogP contribution in [0.1, 0.15) is 121 Å². The number of hydrogen-bond donors (Lipinski definition) is 6. The fraction of sp³-hybridized carbons (Fsp3) is 0.463. The number of aromatic hydroxyl groups is 1. The number of ketones is 3. The van der Waals surface area contributed by atoms with Crippen molar-refractivity contribution in [3.8, 4) is 11.5 Å². The molecule has 400 valence electrons. The van der Waals surface area contributed by atoms with Crippen LogP contribution < -0.4 is 25.7 Å². The van der Waals surface area contributed by atoms with Crippen LogP contribution in [0.15, 0.2) is 64.6 Å². The Morgan fingerprint density at radius 3 is 2.29 bits per heavy atom. The molecule has 5 heterocycles. The number of aromatic carboxylic acids is 1. The number of fused-ring (bicyclic) bond motifs is 15. The van der Waals surface area contributed by atoms with Gasteiger partial charge in [-0.3, -0.25) is 28.8 Å². The highest BCUT2D eigenvalue weighted by Crippen LogP contribution is 2.49. The second kappa shape index (κ2) is 20.7. The predicted molar refractivity (Wildman–Crippen MR) is 270 cm³/mol. The molecule has 2 aromatic carbocycles. The lowest BCUT2D eigenvalue weighted by molar-refractivity contribution is -0.160. The average molecular weight is 1060 g/mol. The van der Waals surface area contributed by atoms with E-state index in [1.807, 2.05) is 0 Å². The fourth-order valence-electron chi connectivity index (χ4n) is 10.6. The van der Waals surface area contributed by atoms with Crippen LogP contribution in [0.3, 0.4) is 0 Å². The summed E-state index contributed by atoms with van der Waals surface area (Å²) in [4.78, 5) is 98.2. The number of methoxy groups -OCH3 is 1. The highest BCUT2D eigenvalue weighted by atomic mass is 35.5. The van der Waals surface area contributed by atoms with Crippen LogP contribution in [-0.2, 0) is 23.8 Å². The lowest BCUT2D eigenvalue weighted by atomic mass is 9.78. The lowest BCUT2D eigenvalue weighted by Crippen LogP contribution is -2.46. The van der Waals surface area contributed by atoms with Crippen LogP contribution >= 0.6 is 11.6 Å². The molecule has 4 aliphatic heterocycles. The Labute approximate surface area is 435 Å². The molecule has 1 saturated heterocycles. The number of nitrogens with zero attached hydrogens (tertiary/aromatic N) is 2. The number of Topliss-reactive ketones (excluding diaryl/α,β-unsaturated/α-hetero) is 3. The van der Waals surface area contributed by atoms with Crippen LogP contribution in [0.5, 0.6) is 11.5 Å². The number of carbonyl (C=O) groups is 6. The summed E-state index contributed by atoms with van der Waals surface area (Å²) >= 11 is 6.97. The third kappa shape index (κ3) is 9.72. The summed E-state index contributed by atoms with van der Waals surface area (Å²) in [6.07, 6.45) is 5.62. The predicted octanol–water partition coefficient (Wildman–Crippen LogP) is 5.97. The molecule has 1 saturated carbocycles. The number of pyridine rings is 1. The number of esters is 1. The average Bonchev–Trinajstić information content (AvgIpc) is 4.05. The minimum Gasteiger partial charge on any atom is -0.507 e. The van der Waals surface area contributed by atoms with E-state index in [4.69, 9.17) is 30.5 Å². The van der Waals surface area contributed by atoms with Crippen LogP contribution in [0.4, 0.5) is 10.1 Å². The highest BCUT2D eigenvalue weighted by Gasteiger charge is 2.53. The number of phenolic OH excluding ortho intramolecular Hbond substituents is 1. The molecule has 75 heavy (non-hydrogen) atoms. The van der Waals surface area contributed by atoms with Crippen molar-refractivity contribution in [2.75, 3.05) is 25.1 Å². The number of amides is 1. The van der Waals surface area contributed by atoms with Gasteiger partial charge in [-0.15, -0.1) is 0 Å². The largest absolute Gasteiger partial charge is 0.507 e. The number of benzene rings is 2. The van der Waals surface area contributed by atoms with Gasteiger partial charge in [-0.05, 0) is 45.3 Å². The fourth-order valence-corrected chi connectivity index (χ4v) is 11.0. The first-order valence-corrected chi connectivity index (χ1v) is 25.1. The van der Waals surface area contributed by atoms with Crippen molar-refractivity contribution in [3.63, 3.8) is 0 Å². The van der Waals surface area contributed by atoms with Crippen LogP contribution in [0, 0.1) is 36.4 Å². The Kier molecular flexibility index (Phi) is 15.0. The Balaban J connectivity index is 1.21. The van der Waals surface area contributed by atoms with E-state index in [2.05, 4.69) is 10.6 Å². The van der Waals surface area contributed by atoms with Gasteiger partial charge >= 0.3 is 17.7 Å². The molecule has 1 amide bonds. The molecule has 1 unspecified atom stereocenters. The molecule has 6 aliphatic rings. The second-order valence-corrected chi connectivity index (χ2v) is 20.7. The first-order chi connectivity index (χ1) is 35.3. The number of aliphatic hydroxyl groups is 2. The summed E-state index contributed by atoms with van der Waals surface area (Å²) in [6, 6.07) is -0.000199. The topological polar surface area (TPSA) is 270 Å². The molecule has 3 aromatic rings. The smallest absolute Gasteiger partial charge is 0.341 e. The summed E-state index contributed by atoms with van der Waals surface area (Å²) < 4.78 is 41.5. The van der Waals surface area contributed by atoms with Gasteiger partial charge in [0.05, 0.1) is 62.9 Å². The maximum absolute atomic E-state index is 16.3. The molecule has 0 radical (unpaired) electrons. The number of allylic oxidation sites excluding steroid dienone is 4. The standard InChI is InChI=1S/C54H60ClFN4O15/c1-22-11-10-12-23(2)52(69)58-40-39(57-29-15-17-59(20-29)42-33(56)19-31-41(38(42)55)60(30-13-14-30)21-32(46(31)65)53(70)71)47(66)35-36(48(40)67)45(64)27(6)50-37(35)51(68)54(8,75-50)73-18-16-34(72-9)24(3)49(74-28(7)61)26(5)44(63)25(4)43(22)62/h10-12,16,18-19,21-22,24-26,29-30,34,43-44,49,57,62-64H,13-15,17,20H2,1-9H3,(H,58,69)(H,70,71)/b11-10+,18-16+,23-12-/t22-,24+,25+,26+,29?,34-,43-,44+,49+,54-/m0/s1. The van der Waals surface area contributed by atoms with E-state index in [0.717, 1.165) is 12.3 Å². The van der Waals surface area contributed by atoms with Crippen molar-refractivity contribution in [1.82, 2.24) is 15.2 Å². The number of rotatable bonds is 7. The molecule has 2 aliphatic carbocycles. The number of aliphatic hydroxyl groups excluding tert-OH is 2. The summed E-state index contributed by atoms with van der Waals surface area (Å²) in [6.45, 7) is 12.1. The van der Waals surface area contributed by atoms with Gasteiger partial charge in [0.2, 0.25) is 17.0 Å². The molecule has 2 fully saturated rings. The van der Waals surface area contributed by atoms with Gasteiger partial charge in [0.25, 0.3) is 11.7 Å². The van der Waals surface area contributed by atoms with Crippen molar-refractivity contribution in [1.29, 1.82) is 0 Å². The number of carbonyl (C=O) groups excluding carboxylic acids is 5. The zero-order valence-corrected chi connectivity index (χ0v) is 43.5. The SMILES string of the molecule is CO[C@H]1/C=C/O[C@@]2(C)Oc3c(C)c(O)c4c(c3C2=O)C(=O)C(NC2CCN(c3c(F)cc5c(=O)c(C(=O)O)cn(C6CC6)c5c3Cl)C2)=C(NC(=O)/C(C)=C\C=C\[C@H](C)[C@H](O)[C@@H](C)[C@@H](O)[C@@H](C)[C@H](OC(C)=O)[C@@H]1C)C4=O. The Morgan fingerprint density at radius 1 is 0.960 bits per heavy atom. The minimum absolute atomic E-state index is 0.0282. The van der Waals surface area contributed by atoms with Crippen molar-refractivity contribution in [3.05, 3.63) is 109 Å². The lowest BCUT2D eigenvalue weighted by Gasteiger charge is -2.38. The van der Waals surface area contributed by atoms with Gasteiger partial charge in [-0.2, -0.15) is 0 Å². The Morgan fingerprint density at radius 2 is 1.65 bits per heavy atom. The second-order valence-electron chi connectivity index (χ2n) is 20.3. The number of nitrogens with one attached hydrogen (secondary N) is 2. The summed E-state index contributed by atoms with van der Waals surface area (Å²) in [5.41, 5.74) is -4.00. The van der Waals surface area contributed by atoms with Crippen molar-refractivity contribution in [2.24, 2.45) is 23.7 Å². The van der Waals surface area contributed by atoms with Crippen LogP contribution in [0.25, 0.3) is 10.9 Å². The van der Waals surface area contributed by atoms with E-state index in [0.29, 0.717) is 12.8 Å². The molecule has 21 heteroatoms. The number of ether oxygens (including phenoxy) is 4. The summed E-state index contributed by atoms with van der Waals surface area (Å²) in [7, 11) is 1.39. The van der Waals surface area contributed by atoms with Crippen molar-refractivity contribution in [2.45, 2.75) is 117 Å². The van der Waals surface area contributed by atoms with Crippen molar-refractivity contribution >= 4 is 63.4 Å². The van der Waals surface area contributed by atoms with E-state index >= 15 is 9.18 Å². The van der Waals surface area contributed by atoms with Gasteiger partial charge in [0.15, 0.2) is 0 Å². The number of aromatic nitrogens is 1. The maximum Gasteiger partial charge on any atom is 0.341 e. The Hall–Kier alpha value is -6.87. The third-order valence-corrected chi connectivity index (χ3v) is 15.5.